The quantitative estimate of drug-likeness (QED) is 0.261. The molecule has 4 fully saturated rings. The maximum Gasteiger partial charge on any atom is 0.420 e. The summed E-state index contributed by atoms with van der Waals surface area (Å²) in [5.41, 5.74) is 4.27. The minimum absolute atomic E-state index is 0.0714. The fraction of sp³-hybridized carbons (Fsp3) is 0.500. The molecule has 290 valence electrons. The van der Waals surface area contributed by atoms with Gasteiger partial charge in [0, 0.05) is 75.6 Å². The van der Waals surface area contributed by atoms with Crippen molar-refractivity contribution in [2.24, 2.45) is 5.41 Å². The number of halogens is 1. The molecule has 2 aromatic heterocycles. The maximum absolute atomic E-state index is 13.7. The summed E-state index contributed by atoms with van der Waals surface area (Å²) >= 11 is 6.40. The van der Waals surface area contributed by atoms with E-state index < -0.39 is 17.7 Å². The molecule has 0 radical (unpaired) electrons. The number of piperidine rings is 4. The number of hydrogen-bond donors (Lipinski definition) is 2. The number of nitrogens with one attached hydrogen (secondary N) is 2. The average Bonchev–Trinajstić information content (AvgIpc) is 3.51. The van der Waals surface area contributed by atoms with Crippen molar-refractivity contribution in [1.29, 1.82) is 0 Å². The van der Waals surface area contributed by atoms with E-state index in [1.54, 1.807) is 6.20 Å². The van der Waals surface area contributed by atoms with Crippen LogP contribution in [0.3, 0.4) is 0 Å². The van der Waals surface area contributed by atoms with Gasteiger partial charge < -0.3 is 24.4 Å². The number of fused-ring (bicyclic) bond motifs is 1. The summed E-state index contributed by atoms with van der Waals surface area (Å²) in [4.78, 5) is 69.6. The second-order valence-corrected chi connectivity index (χ2v) is 16.1. The van der Waals surface area contributed by atoms with Crippen molar-refractivity contribution in [3.63, 3.8) is 0 Å². The molecule has 3 atom stereocenters. The number of imide groups is 1. The standard InChI is InChI=1S/C40H47ClN8O6/c1-3-48-38(53)35(41)30(22-42-48)43-28-20-27(23-45(2)24-28)25-4-6-26(7-5-25)37(52)47-18-14-40(15-19-47)12-16-46(17-13-40)29-8-9-31-33(21-29)55-39(54)49(31)32-10-11-34(50)44-36(32)51/h4-9,21-22,27-28,32,43H,3,10-20,23-24H2,1-2H3,(H,44,50,51)/t27-,28+,32?/m0/s1. The van der Waals surface area contributed by atoms with Gasteiger partial charge in [-0.15, -0.1) is 0 Å². The molecule has 3 amide bonds. The van der Waals surface area contributed by atoms with Crippen LogP contribution in [0.5, 0.6) is 0 Å². The number of aryl methyl sites for hydroxylation is 1. The van der Waals surface area contributed by atoms with Gasteiger partial charge in [-0.25, -0.2) is 9.48 Å². The molecule has 14 nitrogen and oxygen atoms in total. The Labute approximate surface area is 323 Å². The third kappa shape index (κ3) is 7.29. The highest BCUT2D eigenvalue weighted by Gasteiger charge is 2.39. The number of nitrogens with zero attached hydrogens (tertiary/aromatic N) is 6. The molecule has 1 unspecified atom stereocenters. The Bertz CT molecular complexity index is 2230. The number of anilines is 2. The van der Waals surface area contributed by atoms with E-state index in [4.69, 9.17) is 16.0 Å². The Morgan fingerprint density at radius 3 is 2.44 bits per heavy atom. The summed E-state index contributed by atoms with van der Waals surface area (Å²) in [5, 5.41) is 10.2. The van der Waals surface area contributed by atoms with Crippen LogP contribution in [0.15, 0.2) is 62.7 Å². The van der Waals surface area contributed by atoms with Gasteiger partial charge in [-0.2, -0.15) is 5.10 Å². The van der Waals surface area contributed by atoms with E-state index in [0.717, 1.165) is 77.1 Å². The van der Waals surface area contributed by atoms with Crippen LogP contribution in [-0.4, -0.2) is 94.2 Å². The normalized spacial score (nSPS) is 23.3. The molecular formula is C40H47ClN8O6. The van der Waals surface area contributed by atoms with E-state index in [0.29, 0.717) is 28.9 Å². The molecule has 2 N–H and O–H groups in total. The Balaban J connectivity index is 0.849. The monoisotopic (exact) mass is 770 g/mol. The third-order valence-corrected chi connectivity index (χ3v) is 12.7. The number of amides is 3. The average molecular weight is 771 g/mol. The molecule has 4 aliphatic heterocycles. The van der Waals surface area contributed by atoms with Gasteiger partial charge >= 0.3 is 5.76 Å². The number of carbonyl (C=O) groups excluding carboxylic acids is 3. The molecule has 0 aliphatic carbocycles. The van der Waals surface area contributed by atoms with Crippen molar-refractivity contribution in [2.75, 3.05) is 56.5 Å². The first kappa shape index (κ1) is 37.0. The summed E-state index contributed by atoms with van der Waals surface area (Å²) in [6.45, 7) is 7.20. The highest BCUT2D eigenvalue weighted by molar-refractivity contribution is 6.32. The van der Waals surface area contributed by atoms with Crippen LogP contribution in [0.4, 0.5) is 11.4 Å². The molecule has 15 heteroatoms. The highest BCUT2D eigenvalue weighted by Crippen LogP contribution is 2.43. The second-order valence-electron chi connectivity index (χ2n) is 15.7. The van der Waals surface area contributed by atoms with E-state index in [9.17, 15) is 24.0 Å². The number of likely N-dealkylation sites (N-methyl/N-ethyl adjacent to an activating group) is 1. The van der Waals surface area contributed by atoms with Gasteiger partial charge in [0.15, 0.2) is 5.58 Å². The third-order valence-electron chi connectivity index (χ3n) is 12.3. The van der Waals surface area contributed by atoms with E-state index in [1.165, 1.54) is 14.8 Å². The van der Waals surface area contributed by atoms with E-state index in [-0.39, 0.29) is 52.6 Å². The van der Waals surface area contributed by atoms with Gasteiger partial charge in [0.2, 0.25) is 11.8 Å². The zero-order valence-corrected chi connectivity index (χ0v) is 32.0. The number of hydrogen-bond acceptors (Lipinski definition) is 10. The van der Waals surface area contributed by atoms with Gasteiger partial charge in [0.25, 0.3) is 11.5 Å². The van der Waals surface area contributed by atoms with Crippen LogP contribution in [0, 0.1) is 5.41 Å². The van der Waals surface area contributed by atoms with Crippen molar-refractivity contribution in [1.82, 2.24) is 29.5 Å². The zero-order valence-electron chi connectivity index (χ0n) is 31.3. The van der Waals surface area contributed by atoms with Crippen LogP contribution in [0.25, 0.3) is 11.1 Å². The molecule has 1 spiro atoms. The number of aromatic nitrogens is 3. The molecule has 2 aromatic carbocycles. The predicted molar refractivity (Wildman–Crippen MR) is 209 cm³/mol. The lowest BCUT2D eigenvalue weighted by Crippen LogP contribution is -2.48. The fourth-order valence-corrected chi connectivity index (χ4v) is 9.33. The lowest BCUT2D eigenvalue weighted by molar-refractivity contribution is -0.135. The fourth-order valence-electron chi connectivity index (χ4n) is 9.13. The topological polar surface area (TPSA) is 155 Å². The number of carbonyl (C=O) groups is 3. The molecule has 4 aromatic rings. The molecule has 4 saturated heterocycles. The summed E-state index contributed by atoms with van der Waals surface area (Å²) in [7, 11) is 2.09. The molecule has 8 rings (SSSR count). The number of likely N-dealkylation sites (tertiary alicyclic amines) is 2. The molecule has 4 aliphatic rings. The van der Waals surface area contributed by atoms with Crippen molar-refractivity contribution >= 4 is 51.8 Å². The summed E-state index contributed by atoms with van der Waals surface area (Å²) in [6.07, 6.45) is 6.88. The Kier molecular flexibility index (Phi) is 10.1. The number of benzene rings is 2. The van der Waals surface area contributed by atoms with E-state index >= 15 is 0 Å². The highest BCUT2D eigenvalue weighted by atomic mass is 35.5. The first-order chi connectivity index (χ1) is 26.5. The summed E-state index contributed by atoms with van der Waals surface area (Å²) in [5.74, 6) is -1.09. The molecule has 0 bridgehead atoms. The van der Waals surface area contributed by atoms with Gasteiger partial charge in [-0.05, 0) is 93.7 Å². The number of oxazole rings is 1. The van der Waals surface area contributed by atoms with Gasteiger partial charge in [-0.1, -0.05) is 23.7 Å². The molecule has 55 heavy (non-hydrogen) atoms. The molecule has 6 heterocycles. The first-order valence-corrected chi connectivity index (χ1v) is 19.7. The minimum Gasteiger partial charge on any atom is -0.408 e. The van der Waals surface area contributed by atoms with E-state index in [2.05, 4.69) is 44.7 Å². The Morgan fingerprint density at radius 1 is 1.00 bits per heavy atom. The first-order valence-electron chi connectivity index (χ1n) is 19.3. The van der Waals surface area contributed by atoms with Crippen LogP contribution < -0.4 is 26.8 Å². The Morgan fingerprint density at radius 2 is 1.73 bits per heavy atom. The predicted octanol–water partition coefficient (Wildman–Crippen LogP) is 4.22. The van der Waals surface area contributed by atoms with Crippen molar-refractivity contribution in [3.8, 4) is 0 Å². The van der Waals surface area contributed by atoms with E-state index in [1.807, 2.05) is 42.2 Å². The maximum atomic E-state index is 13.7. The van der Waals surface area contributed by atoms with Crippen LogP contribution in [-0.2, 0) is 16.1 Å². The van der Waals surface area contributed by atoms with Crippen LogP contribution in [0.1, 0.15) is 79.8 Å². The largest absolute Gasteiger partial charge is 0.420 e. The molecular weight excluding hydrogens is 724 g/mol. The van der Waals surface area contributed by atoms with Crippen LogP contribution >= 0.6 is 11.6 Å². The second kappa shape index (κ2) is 14.9. The zero-order chi connectivity index (χ0) is 38.4. The van der Waals surface area contributed by atoms with Crippen molar-refractivity contribution in [3.05, 3.63) is 85.7 Å². The minimum atomic E-state index is -0.770. The molecule has 0 saturated carbocycles. The van der Waals surface area contributed by atoms with Gasteiger partial charge in [-0.3, -0.25) is 29.1 Å². The summed E-state index contributed by atoms with van der Waals surface area (Å²) in [6, 6.07) is 13.1. The van der Waals surface area contributed by atoms with Gasteiger partial charge in [0.05, 0.1) is 17.4 Å². The SMILES string of the molecule is CCn1ncc(N[C@@H]2C[C@H](c3ccc(C(=O)N4CCC5(CC4)CCN(c4ccc6c(c4)oc(=O)n6C4CCC(=O)NC4=O)CC5)cc3)CN(C)C2)c(Cl)c1=O. The lowest BCUT2D eigenvalue weighted by atomic mass is 9.71. The summed E-state index contributed by atoms with van der Waals surface area (Å²) < 4.78 is 8.28. The smallest absolute Gasteiger partial charge is 0.408 e. The van der Waals surface area contributed by atoms with Crippen molar-refractivity contribution < 1.29 is 18.8 Å². The Hall–Kier alpha value is -4.95. The van der Waals surface area contributed by atoms with Crippen molar-refractivity contribution in [2.45, 2.75) is 76.4 Å². The lowest BCUT2D eigenvalue weighted by Gasteiger charge is -2.47. The van der Waals surface area contributed by atoms with Crippen LogP contribution in [0.2, 0.25) is 5.02 Å². The van der Waals surface area contributed by atoms with Gasteiger partial charge in [0.1, 0.15) is 11.1 Å². The number of rotatable bonds is 7.